The van der Waals surface area contributed by atoms with Crippen LogP contribution >= 0.6 is 0 Å². The number of hydrogen-bond donors (Lipinski definition) is 2. The molecule has 0 radical (unpaired) electrons. The van der Waals surface area contributed by atoms with E-state index in [-0.39, 0.29) is 23.8 Å². The number of rotatable bonds is 3. The summed E-state index contributed by atoms with van der Waals surface area (Å²) in [5.41, 5.74) is 0. The van der Waals surface area contributed by atoms with Crippen LogP contribution in [-0.4, -0.2) is 62.1 Å². The second-order valence-electron chi connectivity index (χ2n) is 5.06. The van der Waals surface area contributed by atoms with Crippen molar-refractivity contribution in [2.24, 2.45) is 5.92 Å². The molecule has 0 aromatic rings. The third-order valence-corrected chi connectivity index (χ3v) is 3.69. The van der Waals surface area contributed by atoms with Crippen molar-refractivity contribution in [3.8, 4) is 0 Å². The number of amides is 2. The van der Waals surface area contributed by atoms with E-state index in [1.165, 1.54) is 0 Å². The van der Waals surface area contributed by atoms with Crippen LogP contribution < -0.4 is 10.6 Å². The van der Waals surface area contributed by atoms with E-state index in [1.54, 1.807) is 4.90 Å². The van der Waals surface area contributed by atoms with Gasteiger partial charge in [-0.3, -0.25) is 9.59 Å². The Kier molecular flexibility index (Phi) is 5.15. The number of carbonyl (C=O) groups excluding carboxylic acids is 2. The van der Waals surface area contributed by atoms with Crippen LogP contribution in [0.4, 0.5) is 0 Å². The number of nitrogens with zero attached hydrogens (tertiary/aromatic N) is 1. The van der Waals surface area contributed by atoms with Crippen LogP contribution in [0.25, 0.3) is 0 Å². The Morgan fingerprint density at radius 2 is 2.32 bits per heavy atom. The Labute approximate surface area is 113 Å². The lowest BCUT2D eigenvalue weighted by Gasteiger charge is -2.37. The van der Waals surface area contributed by atoms with Crippen molar-refractivity contribution >= 4 is 11.8 Å². The largest absolute Gasteiger partial charge is 0.381 e. The average Bonchev–Trinajstić information content (AvgIpc) is 2.47. The van der Waals surface area contributed by atoms with Crippen molar-refractivity contribution in [2.75, 3.05) is 39.4 Å². The van der Waals surface area contributed by atoms with E-state index in [1.807, 2.05) is 6.92 Å². The first kappa shape index (κ1) is 14.3. The third-order valence-electron chi connectivity index (χ3n) is 3.69. The number of ether oxygens (including phenoxy) is 1. The predicted octanol–water partition coefficient (Wildman–Crippen LogP) is -0.650. The predicted molar refractivity (Wildman–Crippen MR) is 70.6 cm³/mol. The van der Waals surface area contributed by atoms with Gasteiger partial charge in [0, 0.05) is 32.8 Å². The molecule has 2 heterocycles. The zero-order chi connectivity index (χ0) is 13.7. The van der Waals surface area contributed by atoms with Gasteiger partial charge in [0.15, 0.2) is 0 Å². The molecule has 2 rings (SSSR count). The van der Waals surface area contributed by atoms with Crippen LogP contribution in [0.2, 0.25) is 0 Å². The molecule has 2 aliphatic rings. The average molecular weight is 269 g/mol. The van der Waals surface area contributed by atoms with E-state index in [2.05, 4.69) is 10.6 Å². The van der Waals surface area contributed by atoms with E-state index in [0.29, 0.717) is 26.2 Å². The van der Waals surface area contributed by atoms with Crippen LogP contribution in [0, 0.1) is 5.92 Å². The quantitative estimate of drug-likeness (QED) is 0.714. The Morgan fingerprint density at radius 1 is 1.47 bits per heavy atom. The number of likely N-dealkylation sites (N-methyl/N-ethyl adjacent to an activating group) is 1. The van der Waals surface area contributed by atoms with E-state index in [9.17, 15) is 9.59 Å². The molecule has 0 spiro atoms. The minimum absolute atomic E-state index is 0.0671. The van der Waals surface area contributed by atoms with Crippen molar-refractivity contribution in [1.29, 1.82) is 0 Å². The molecule has 2 fully saturated rings. The van der Waals surface area contributed by atoms with Crippen molar-refractivity contribution < 1.29 is 14.3 Å². The summed E-state index contributed by atoms with van der Waals surface area (Å²) in [5.74, 6) is -0.0824. The van der Waals surface area contributed by atoms with E-state index in [0.717, 1.165) is 26.0 Å². The fourth-order valence-electron chi connectivity index (χ4n) is 2.66. The van der Waals surface area contributed by atoms with Crippen LogP contribution in [0.1, 0.15) is 19.8 Å². The molecule has 0 aromatic carbocycles. The van der Waals surface area contributed by atoms with Gasteiger partial charge in [0.25, 0.3) is 0 Å². The van der Waals surface area contributed by atoms with Gasteiger partial charge >= 0.3 is 0 Å². The molecule has 0 aliphatic carbocycles. The first-order valence-electron chi connectivity index (χ1n) is 7.10. The van der Waals surface area contributed by atoms with Gasteiger partial charge in [0.05, 0.1) is 12.5 Å². The van der Waals surface area contributed by atoms with Gasteiger partial charge in [0.2, 0.25) is 11.8 Å². The molecule has 0 bridgehead atoms. The SMILES string of the molecule is CCNC(=O)C1CNCCN1C(=O)C1CCCOC1. The molecule has 0 aromatic heterocycles. The van der Waals surface area contributed by atoms with Crippen molar-refractivity contribution in [1.82, 2.24) is 15.5 Å². The molecule has 2 unspecified atom stereocenters. The number of hydrogen-bond acceptors (Lipinski definition) is 4. The molecule has 2 atom stereocenters. The zero-order valence-corrected chi connectivity index (χ0v) is 11.5. The van der Waals surface area contributed by atoms with Gasteiger partial charge in [-0.1, -0.05) is 0 Å². The molecule has 108 valence electrons. The highest BCUT2D eigenvalue weighted by Crippen LogP contribution is 2.18. The molecule has 2 aliphatic heterocycles. The van der Waals surface area contributed by atoms with Crippen LogP contribution in [0.5, 0.6) is 0 Å². The summed E-state index contributed by atoms with van der Waals surface area (Å²) in [6.07, 6.45) is 1.79. The van der Waals surface area contributed by atoms with Crippen molar-refractivity contribution in [2.45, 2.75) is 25.8 Å². The summed E-state index contributed by atoms with van der Waals surface area (Å²) >= 11 is 0. The molecule has 6 heteroatoms. The van der Waals surface area contributed by atoms with Gasteiger partial charge in [-0.05, 0) is 19.8 Å². The number of carbonyl (C=O) groups is 2. The molecule has 2 amide bonds. The molecule has 0 saturated carbocycles. The summed E-state index contributed by atoms with van der Waals surface area (Å²) in [5, 5.41) is 5.97. The van der Waals surface area contributed by atoms with Gasteiger partial charge in [-0.25, -0.2) is 0 Å². The molecule has 6 nitrogen and oxygen atoms in total. The van der Waals surface area contributed by atoms with Gasteiger partial charge in [-0.2, -0.15) is 0 Å². The highest BCUT2D eigenvalue weighted by Gasteiger charge is 2.35. The summed E-state index contributed by atoms with van der Waals surface area (Å²) in [6, 6.07) is -0.386. The van der Waals surface area contributed by atoms with Crippen LogP contribution in [0.3, 0.4) is 0 Å². The second kappa shape index (κ2) is 6.86. The monoisotopic (exact) mass is 269 g/mol. The highest BCUT2D eigenvalue weighted by atomic mass is 16.5. The van der Waals surface area contributed by atoms with E-state index in [4.69, 9.17) is 4.74 Å². The fourth-order valence-corrected chi connectivity index (χ4v) is 2.66. The number of nitrogens with one attached hydrogen (secondary N) is 2. The van der Waals surface area contributed by atoms with Crippen molar-refractivity contribution in [3.63, 3.8) is 0 Å². The van der Waals surface area contributed by atoms with Crippen LogP contribution in [0.15, 0.2) is 0 Å². The molecule has 2 saturated heterocycles. The summed E-state index contributed by atoms with van der Waals surface area (Å²) < 4.78 is 5.37. The first-order chi connectivity index (χ1) is 9.24. The lowest BCUT2D eigenvalue weighted by molar-refractivity contribution is -0.148. The highest BCUT2D eigenvalue weighted by molar-refractivity contribution is 5.89. The fraction of sp³-hybridized carbons (Fsp3) is 0.846. The van der Waals surface area contributed by atoms with Gasteiger partial charge < -0.3 is 20.3 Å². The standard InChI is InChI=1S/C13H23N3O3/c1-2-15-12(17)11-8-14-5-6-16(11)13(18)10-4-3-7-19-9-10/h10-11,14H,2-9H2,1H3,(H,15,17). The maximum absolute atomic E-state index is 12.5. The summed E-state index contributed by atoms with van der Waals surface area (Å²) in [7, 11) is 0. The van der Waals surface area contributed by atoms with Crippen molar-refractivity contribution in [3.05, 3.63) is 0 Å². The normalized spacial score (nSPS) is 27.9. The van der Waals surface area contributed by atoms with E-state index < -0.39 is 0 Å². The topological polar surface area (TPSA) is 70.7 Å². The maximum atomic E-state index is 12.5. The third kappa shape index (κ3) is 3.45. The summed E-state index contributed by atoms with van der Waals surface area (Å²) in [4.78, 5) is 26.3. The van der Waals surface area contributed by atoms with Gasteiger partial charge in [0.1, 0.15) is 6.04 Å². The van der Waals surface area contributed by atoms with Crippen LogP contribution in [-0.2, 0) is 14.3 Å². The van der Waals surface area contributed by atoms with Gasteiger partial charge in [-0.15, -0.1) is 0 Å². The minimum Gasteiger partial charge on any atom is -0.381 e. The van der Waals surface area contributed by atoms with E-state index >= 15 is 0 Å². The lowest BCUT2D eigenvalue weighted by Crippen LogP contribution is -2.61. The second-order valence-corrected chi connectivity index (χ2v) is 5.06. The minimum atomic E-state index is -0.386. The maximum Gasteiger partial charge on any atom is 0.244 e. The first-order valence-corrected chi connectivity index (χ1v) is 7.10. The Balaban J connectivity index is 2.01. The molecular formula is C13H23N3O3. The number of piperazine rings is 1. The zero-order valence-electron chi connectivity index (χ0n) is 11.5. The molecular weight excluding hydrogens is 246 g/mol. The smallest absolute Gasteiger partial charge is 0.244 e. The Bertz CT molecular complexity index is 329. The molecule has 2 N–H and O–H groups in total. The lowest BCUT2D eigenvalue weighted by atomic mass is 9.99. The Morgan fingerprint density at radius 3 is 3.00 bits per heavy atom. The molecule has 19 heavy (non-hydrogen) atoms. The Hall–Kier alpha value is -1.14. The summed E-state index contributed by atoms with van der Waals surface area (Å²) in [6.45, 7) is 5.58.